The van der Waals surface area contributed by atoms with Crippen molar-refractivity contribution in [3.05, 3.63) is 0 Å². The highest BCUT2D eigenvalue weighted by Gasteiger charge is 2.65. The van der Waals surface area contributed by atoms with Gasteiger partial charge in [0.2, 0.25) is 0 Å². The van der Waals surface area contributed by atoms with Gasteiger partial charge in [0.15, 0.2) is 0 Å². The fourth-order valence-electron chi connectivity index (χ4n) is 7.08. The quantitative estimate of drug-likeness (QED) is 0.661. The molecule has 3 heteroatoms. The second kappa shape index (κ2) is 4.75. The second-order valence-corrected chi connectivity index (χ2v) is 10.0. The van der Waals surface area contributed by atoms with Crippen molar-refractivity contribution in [1.29, 1.82) is 0 Å². The predicted octanol–water partition coefficient (Wildman–Crippen LogP) is 4.01. The second-order valence-electron chi connectivity index (χ2n) is 9.18. The first-order valence-corrected chi connectivity index (χ1v) is 9.69. The summed E-state index contributed by atoms with van der Waals surface area (Å²) in [5.74, 6) is 2.25. The Kier molecular flexibility index (Phi) is 3.35. The van der Waals surface area contributed by atoms with Crippen molar-refractivity contribution in [3.8, 4) is 0 Å². The van der Waals surface area contributed by atoms with Gasteiger partial charge in [-0.1, -0.05) is 13.8 Å². The van der Waals surface area contributed by atoms with Crippen molar-refractivity contribution in [2.45, 2.75) is 82.5 Å². The van der Waals surface area contributed by atoms with E-state index in [4.69, 9.17) is 12.6 Å². The van der Waals surface area contributed by atoms with E-state index in [2.05, 4.69) is 13.8 Å². The summed E-state index contributed by atoms with van der Waals surface area (Å²) in [4.78, 5) is 12.5. The molecule has 0 heterocycles. The highest BCUT2D eigenvalue weighted by molar-refractivity contribution is 7.81. The fraction of sp³-hybridized carbons (Fsp3) is 0.947. The third-order valence-corrected chi connectivity index (χ3v) is 9.27. The summed E-state index contributed by atoms with van der Waals surface area (Å²) >= 11 is 5.32. The number of carbonyl (C=O) groups excluding carboxylic acids is 1. The zero-order chi connectivity index (χ0) is 15.8. The number of hydrogen-bond acceptors (Lipinski definition) is 3. The largest absolute Gasteiger partial charge is 0.393 e. The summed E-state index contributed by atoms with van der Waals surface area (Å²) in [6.07, 6.45) is 9.37. The molecule has 4 aliphatic rings. The molecule has 4 rings (SSSR count). The SMILES string of the molecule is CC12CCC3C4(C)CCC(O)CC4CCC3(S)C1CCC2=O. The van der Waals surface area contributed by atoms with E-state index in [9.17, 15) is 9.90 Å². The van der Waals surface area contributed by atoms with Gasteiger partial charge >= 0.3 is 0 Å². The van der Waals surface area contributed by atoms with Crippen LogP contribution in [0.3, 0.4) is 0 Å². The minimum atomic E-state index is -0.102. The number of rotatable bonds is 0. The van der Waals surface area contributed by atoms with Crippen LogP contribution in [0.5, 0.6) is 0 Å². The van der Waals surface area contributed by atoms with E-state index in [1.54, 1.807) is 0 Å². The highest BCUT2D eigenvalue weighted by atomic mass is 32.1. The molecule has 0 radical (unpaired) electrons. The summed E-state index contributed by atoms with van der Waals surface area (Å²) < 4.78 is 0.0483. The fourth-order valence-corrected chi connectivity index (χ4v) is 8.05. The van der Waals surface area contributed by atoms with Crippen molar-refractivity contribution in [2.75, 3.05) is 0 Å². The first-order valence-electron chi connectivity index (χ1n) is 9.24. The summed E-state index contributed by atoms with van der Waals surface area (Å²) in [5, 5.41) is 10.1. The highest BCUT2D eigenvalue weighted by Crippen LogP contribution is 2.69. The lowest BCUT2D eigenvalue weighted by molar-refractivity contribution is -0.137. The van der Waals surface area contributed by atoms with E-state index >= 15 is 0 Å². The zero-order valence-electron chi connectivity index (χ0n) is 14.0. The molecule has 1 N–H and O–H groups in total. The summed E-state index contributed by atoms with van der Waals surface area (Å²) in [6.45, 7) is 4.69. The van der Waals surface area contributed by atoms with Crippen LogP contribution in [-0.4, -0.2) is 21.7 Å². The van der Waals surface area contributed by atoms with Crippen LogP contribution in [0.25, 0.3) is 0 Å². The van der Waals surface area contributed by atoms with Crippen LogP contribution in [0.2, 0.25) is 0 Å². The molecule has 0 aromatic heterocycles. The molecule has 124 valence electrons. The van der Waals surface area contributed by atoms with Gasteiger partial charge in [-0.3, -0.25) is 4.79 Å². The lowest BCUT2D eigenvalue weighted by Crippen LogP contribution is -2.61. The lowest BCUT2D eigenvalue weighted by Gasteiger charge is -2.64. The van der Waals surface area contributed by atoms with Crippen molar-refractivity contribution in [3.63, 3.8) is 0 Å². The number of thiol groups is 1. The molecule has 0 saturated heterocycles. The lowest BCUT2D eigenvalue weighted by atomic mass is 9.44. The molecule has 4 fully saturated rings. The van der Waals surface area contributed by atoms with Gasteiger partial charge < -0.3 is 5.11 Å². The van der Waals surface area contributed by atoms with Gasteiger partial charge in [0, 0.05) is 16.6 Å². The molecule has 0 bridgehead atoms. The van der Waals surface area contributed by atoms with Crippen LogP contribution < -0.4 is 0 Å². The smallest absolute Gasteiger partial charge is 0.139 e. The van der Waals surface area contributed by atoms with Gasteiger partial charge in [0.1, 0.15) is 5.78 Å². The van der Waals surface area contributed by atoms with Gasteiger partial charge in [0.25, 0.3) is 0 Å². The van der Waals surface area contributed by atoms with Crippen molar-refractivity contribution < 1.29 is 9.90 Å². The van der Waals surface area contributed by atoms with Gasteiger partial charge in [-0.05, 0) is 74.5 Å². The average Bonchev–Trinajstić information content (AvgIpc) is 2.77. The standard InChI is InChI=1S/C19H30O2S/c1-17-8-6-13(20)11-12(17)5-10-19(22)14-3-4-16(21)18(14,2)9-7-15(17)19/h12-15,20,22H,3-11H2,1-2H3. The maximum atomic E-state index is 12.5. The Bertz CT molecular complexity index is 506. The average molecular weight is 323 g/mol. The molecule has 0 spiro atoms. The summed E-state index contributed by atoms with van der Waals surface area (Å²) in [6, 6.07) is 0. The number of aliphatic hydroxyl groups is 1. The normalized spacial score (nSPS) is 57.9. The molecule has 7 atom stereocenters. The summed E-state index contributed by atoms with van der Waals surface area (Å²) in [7, 11) is 0. The first kappa shape index (κ1) is 15.5. The molecule has 2 nitrogen and oxygen atoms in total. The van der Waals surface area contributed by atoms with Crippen LogP contribution in [0.1, 0.15) is 71.6 Å². The molecular formula is C19H30O2S. The molecule has 0 aromatic carbocycles. The number of carbonyl (C=O) groups is 1. The van der Waals surface area contributed by atoms with Crippen LogP contribution in [0, 0.1) is 28.6 Å². The van der Waals surface area contributed by atoms with Crippen LogP contribution in [0.4, 0.5) is 0 Å². The number of ketones is 1. The van der Waals surface area contributed by atoms with Crippen molar-refractivity contribution in [2.24, 2.45) is 28.6 Å². The van der Waals surface area contributed by atoms with E-state index in [1.165, 1.54) is 6.42 Å². The van der Waals surface area contributed by atoms with Crippen LogP contribution >= 0.6 is 12.6 Å². The Morgan fingerprint density at radius 3 is 2.59 bits per heavy atom. The van der Waals surface area contributed by atoms with Gasteiger partial charge in [-0.25, -0.2) is 0 Å². The number of hydrogen-bond donors (Lipinski definition) is 2. The maximum absolute atomic E-state index is 12.5. The topological polar surface area (TPSA) is 37.3 Å². The minimum Gasteiger partial charge on any atom is -0.393 e. The van der Waals surface area contributed by atoms with Crippen LogP contribution in [0.15, 0.2) is 0 Å². The molecular weight excluding hydrogens is 292 g/mol. The minimum absolute atomic E-state index is 0.0483. The number of aliphatic hydroxyl groups excluding tert-OH is 1. The summed E-state index contributed by atoms with van der Waals surface area (Å²) in [5.41, 5.74) is 0.224. The Morgan fingerprint density at radius 1 is 1.05 bits per heavy atom. The van der Waals surface area contributed by atoms with Gasteiger partial charge in [0.05, 0.1) is 6.10 Å². The van der Waals surface area contributed by atoms with E-state index in [0.29, 0.717) is 29.0 Å². The molecule has 22 heavy (non-hydrogen) atoms. The predicted molar refractivity (Wildman–Crippen MR) is 91.0 cm³/mol. The van der Waals surface area contributed by atoms with Gasteiger partial charge in [-0.2, -0.15) is 12.6 Å². The molecule has 7 unspecified atom stereocenters. The first-order chi connectivity index (χ1) is 10.3. The molecule has 0 amide bonds. The molecule has 4 aliphatic carbocycles. The Hall–Kier alpha value is -0.0200. The van der Waals surface area contributed by atoms with Crippen molar-refractivity contribution >= 4 is 18.4 Å². The Balaban J connectivity index is 1.71. The third-order valence-electron chi connectivity index (χ3n) is 8.42. The monoisotopic (exact) mass is 322 g/mol. The van der Waals surface area contributed by atoms with E-state index in [1.807, 2.05) is 0 Å². The van der Waals surface area contributed by atoms with E-state index in [-0.39, 0.29) is 16.3 Å². The maximum Gasteiger partial charge on any atom is 0.139 e. The Morgan fingerprint density at radius 2 is 1.82 bits per heavy atom. The number of Topliss-reactive ketones (excluding diaryl/α,β-unsaturated/α-hetero) is 1. The molecule has 0 aromatic rings. The van der Waals surface area contributed by atoms with Gasteiger partial charge in [-0.15, -0.1) is 0 Å². The zero-order valence-corrected chi connectivity index (χ0v) is 14.9. The van der Waals surface area contributed by atoms with E-state index in [0.717, 1.165) is 51.4 Å². The van der Waals surface area contributed by atoms with E-state index < -0.39 is 0 Å². The molecule has 0 aliphatic heterocycles. The van der Waals surface area contributed by atoms with Crippen molar-refractivity contribution in [1.82, 2.24) is 0 Å². The van der Waals surface area contributed by atoms with Crippen LogP contribution in [-0.2, 0) is 4.79 Å². The number of fused-ring (bicyclic) bond motifs is 5. The Labute approximate surface area is 139 Å². The third kappa shape index (κ3) is 1.81. The molecule has 4 saturated carbocycles.